The predicted octanol–water partition coefficient (Wildman–Crippen LogP) is 5.41. The van der Waals surface area contributed by atoms with Gasteiger partial charge in [-0.1, -0.05) is 75.5 Å². The van der Waals surface area contributed by atoms with E-state index < -0.39 is 5.97 Å². The number of carboxylic acid groups (broad SMARTS) is 1. The van der Waals surface area contributed by atoms with E-state index in [1.807, 2.05) is 18.2 Å². The van der Waals surface area contributed by atoms with Crippen LogP contribution in [0.1, 0.15) is 77.6 Å². The minimum atomic E-state index is -0.728. The Balaban J connectivity index is 3.49. The average molecular weight is 322 g/mol. The van der Waals surface area contributed by atoms with E-state index in [1.54, 1.807) is 0 Å². The van der Waals surface area contributed by atoms with E-state index in [1.165, 1.54) is 25.7 Å². The molecule has 0 saturated carbocycles. The molecule has 3 nitrogen and oxygen atoms in total. The minimum absolute atomic E-state index is 0.242. The molecule has 0 aromatic heterocycles. The van der Waals surface area contributed by atoms with Gasteiger partial charge in [-0.25, -0.2) is 0 Å². The third-order valence-corrected chi connectivity index (χ3v) is 3.60. The molecule has 1 atom stereocenters. The second kappa shape index (κ2) is 17.0. The highest BCUT2D eigenvalue weighted by Gasteiger charge is 1.97. The molecule has 0 rings (SSSR count). The molecule has 0 aliphatic rings. The maximum atomic E-state index is 10.3. The second-order valence-corrected chi connectivity index (χ2v) is 5.90. The van der Waals surface area contributed by atoms with E-state index in [0.717, 1.165) is 32.1 Å². The van der Waals surface area contributed by atoms with Gasteiger partial charge in [-0.2, -0.15) is 0 Å². The molecule has 0 heterocycles. The molecule has 3 heteroatoms. The number of hydrogen-bond acceptors (Lipinski definition) is 2. The van der Waals surface area contributed by atoms with Crippen LogP contribution >= 0.6 is 0 Å². The van der Waals surface area contributed by atoms with Crippen LogP contribution in [0.15, 0.2) is 36.5 Å². The van der Waals surface area contributed by atoms with Gasteiger partial charge in [0.25, 0.3) is 0 Å². The second-order valence-electron chi connectivity index (χ2n) is 5.90. The number of carbonyl (C=O) groups is 1. The number of unbranched alkanes of at least 4 members (excludes halogenated alkanes) is 5. The van der Waals surface area contributed by atoms with Crippen LogP contribution in [0.5, 0.6) is 0 Å². The summed E-state index contributed by atoms with van der Waals surface area (Å²) in [5.41, 5.74) is 0. The fourth-order valence-electron chi connectivity index (χ4n) is 2.22. The molecule has 0 spiro atoms. The normalized spacial score (nSPS) is 13.5. The summed E-state index contributed by atoms with van der Waals surface area (Å²) in [6.45, 7) is 2.21. The number of rotatable bonds is 15. The molecule has 2 N–H and O–H groups in total. The smallest absolute Gasteiger partial charge is 0.303 e. The molecule has 0 saturated heterocycles. The highest BCUT2D eigenvalue weighted by Crippen LogP contribution is 2.08. The van der Waals surface area contributed by atoms with E-state index in [0.29, 0.717) is 6.42 Å². The number of carboxylic acids is 1. The van der Waals surface area contributed by atoms with Crippen LogP contribution in [0.3, 0.4) is 0 Å². The molecule has 0 aliphatic heterocycles. The molecule has 0 radical (unpaired) electrons. The van der Waals surface area contributed by atoms with Crippen molar-refractivity contribution in [2.75, 3.05) is 0 Å². The number of aliphatic carboxylic acids is 1. The number of aliphatic hydroxyl groups excluding tert-OH is 1. The van der Waals surface area contributed by atoms with Gasteiger partial charge in [-0.3, -0.25) is 4.79 Å². The standard InChI is InChI=1S/C20H34O3/c1-2-3-4-10-13-16-19(21)17-14-11-8-6-5-7-9-12-15-18-20(22)23/h6-9,14,17,19,21H,2-5,10-13,15-16,18H2,1H3,(H,22,23). The summed E-state index contributed by atoms with van der Waals surface area (Å²) in [5, 5.41) is 18.3. The molecular formula is C20H34O3. The number of aliphatic hydroxyl groups is 1. The Morgan fingerprint density at radius 3 is 2.26 bits per heavy atom. The molecule has 0 bridgehead atoms. The van der Waals surface area contributed by atoms with E-state index in [9.17, 15) is 9.90 Å². The summed E-state index contributed by atoms with van der Waals surface area (Å²) in [7, 11) is 0. The zero-order valence-electron chi connectivity index (χ0n) is 14.6. The predicted molar refractivity (Wildman–Crippen MR) is 97.5 cm³/mol. The fourth-order valence-corrected chi connectivity index (χ4v) is 2.22. The molecule has 23 heavy (non-hydrogen) atoms. The Morgan fingerprint density at radius 2 is 1.57 bits per heavy atom. The monoisotopic (exact) mass is 322 g/mol. The summed E-state index contributed by atoms with van der Waals surface area (Å²) in [4.78, 5) is 10.3. The van der Waals surface area contributed by atoms with Crippen molar-refractivity contribution in [3.05, 3.63) is 36.5 Å². The van der Waals surface area contributed by atoms with Crippen LogP contribution in [0.25, 0.3) is 0 Å². The molecule has 0 aliphatic carbocycles. The van der Waals surface area contributed by atoms with E-state index in [4.69, 9.17) is 5.11 Å². The largest absolute Gasteiger partial charge is 0.481 e. The lowest BCUT2D eigenvalue weighted by Gasteiger charge is -2.04. The van der Waals surface area contributed by atoms with Crippen LogP contribution < -0.4 is 0 Å². The Kier molecular flexibility index (Phi) is 16.0. The fraction of sp³-hybridized carbons (Fsp3) is 0.650. The molecule has 0 aromatic carbocycles. The van der Waals surface area contributed by atoms with Gasteiger partial charge in [0.15, 0.2) is 0 Å². The SMILES string of the molecule is CCCCCCCC(O)C=CCC=CCC=CCCCC(=O)O. The molecule has 132 valence electrons. The van der Waals surface area contributed by atoms with Gasteiger partial charge < -0.3 is 10.2 Å². The zero-order chi connectivity index (χ0) is 17.2. The van der Waals surface area contributed by atoms with Gasteiger partial charge in [0.1, 0.15) is 0 Å². The lowest BCUT2D eigenvalue weighted by molar-refractivity contribution is -0.137. The lowest BCUT2D eigenvalue weighted by Crippen LogP contribution is -2.01. The van der Waals surface area contributed by atoms with Gasteiger partial charge in [0, 0.05) is 6.42 Å². The van der Waals surface area contributed by atoms with E-state index in [-0.39, 0.29) is 12.5 Å². The number of hydrogen-bond donors (Lipinski definition) is 2. The molecule has 1 unspecified atom stereocenters. The van der Waals surface area contributed by atoms with Gasteiger partial charge >= 0.3 is 5.97 Å². The highest BCUT2D eigenvalue weighted by molar-refractivity contribution is 5.66. The Labute approximate surface area is 141 Å². The Hall–Kier alpha value is -1.35. The van der Waals surface area contributed by atoms with Gasteiger partial charge in [0.2, 0.25) is 0 Å². The first-order chi connectivity index (χ1) is 11.2. The van der Waals surface area contributed by atoms with Crippen molar-refractivity contribution in [1.82, 2.24) is 0 Å². The first-order valence-corrected chi connectivity index (χ1v) is 9.03. The molecule has 0 fully saturated rings. The number of allylic oxidation sites excluding steroid dienone is 5. The maximum absolute atomic E-state index is 10.3. The van der Waals surface area contributed by atoms with Crippen LogP contribution in [0.4, 0.5) is 0 Å². The highest BCUT2D eigenvalue weighted by atomic mass is 16.4. The molecular weight excluding hydrogens is 288 g/mol. The van der Waals surface area contributed by atoms with Crippen LogP contribution in [-0.4, -0.2) is 22.3 Å². The van der Waals surface area contributed by atoms with Crippen molar-refractivity contribution >= 4 is 5.97 Å². The van der Waals surface area contributed by atoms with Crippen molar-refractivity contribution < 1.29 is 15.0 Å². The van der Waals surface area contributed by atoms with Crippen LogP contribution in [-0.2, 0) is 4.79 Å². The van der Waals surface area contributed by atoms with Crippen molar-refractivity contribution in [2.24, 2.45) is 0 Å². The summed E-state index contributed by atoms with van der Waals surface area (Å²) >= 11 is 0. The quantitative estimate of drug-likeness (QED) is 0.313. The lowest BCUT2D eigenvalue weighted by atomic mass is 10.1. The first kappa shape index (κ1) is 21.6. The van der Waals surface area contributed by atoms with Gasteiger partial charge in [-0.15, -0.1) is 0 Å². The summed E-state index contributed by atoms with van der Waals surface area (Å²) in [6, 6.07) is 0. The summed E-state index contributed by atoms with van der Waals surface area (Å²) < 4.78 is 0. The Bertz CT molecular complexity index is 356. The van der Waals surface area contributed by atoms with Gasteiger partial charge in [-0.05, 0) is 32.1 Å². The first-order valence-electron chi connectivity index (χ1n) is 9.03. The van der Waals surface area contributed by atoms with Crippen molar-refractivity contribution in [1.29, 1.82) is 0 Å². The molecule has 0 amide bonds. The average Bonchev–Trinajstić information content (AvgIpc) is 2.52. The van der Waals surface area contributed by atoms with Gasteiger partial charge in [0.05, 0.1) is 6.10 Å². The topological polar surface area (TPSA) is 57.5 Å². The Morgan fingerprint density at radius 1 is 0.913 bits per heavy atom. The van der Waals surface area contributed by atoms with Crippen molar-refractivity contribution in [2.45, 2.75) is 83.7 Å². The summed E-state index contributed by atoms with van der Waals surface area (Å²) in [5.74, 6) is -0.728. The minimum Gasteiger partial charge on any atom is -0.481 e. The summed E-state index contributed by atoms with van der Waals surface area (Å²) in [6.07, 6.45) is 22.4. The van der Waals surface area contributed by atoms with Crippen molar-refractivity contribution in [3.63, 3.8) is 0 Å². The third-order valence-electron chi connectivity index (χ3n) is 3.60. The maximum Gasteiger partial charge on any atom is 0.303 e. The van der Waals surface area contributed by atoms with Crippen molar-refractivity contribution in [3.8, 4) is 0 Å². The van der Waals surface area contributed by atoms with Crippen LogP contribution in [0.2, 0.25) is 0 Å². The third kappa shape index (κ3) is 18.6. The van der Waals surface area contributed by atoms with Crippen LogP contribution in [0, 0.1) is 0 Å². The van der Waals surface area contributed by atoms with E-state index >= 15 is 0 Å². The van der Waals surface area contributed by atoms with E-state index in [2.05, 4.69) is 25.2 Å². The molecule has 0 aromatic rings. The zero-order valence-corrected chi connectivity index (χ0v) is 14.6.